The maximum atomic E-state index is 6.10. The number of aromatic nitrogens is 2. The normalized spacial score (nSPS) is 20.7. The number of hydrogen-bond acceptors (Lipinski definition) is 6. The Morgan fingerprint density at radius 2 is 2.22 bits per heavy atom. The minimum absolute atomic E-state index is 0.0739. The van der Waals surface area contributed by atoms with Gasteiger partial charge in [0.15, 0.2) is 5.16 Å². The Kier molecular flexibility index (Phi) is 5.06. The molecule has 1 aliphatic rings. The largest absolute Gasteiger partial charge is 0.369 e. The monoisotopic (exact) mass is 366 g/mol. The van der Waals surface area contributed by atoms with E-state index < -0.39 is 0 Å². The highest BCUT2D eigenvalue weighted by Crippen LogP contribution is 2.43. The van der Waals surface area contributed by atoms with E-state index in [0.717, 1.165) is 33.6 Å². The Labute approximate surface area is 150 Å². The molecular formula is C17H22N2OS3. The summed E-state index contributed by atoms with van der Waals surface area (Å²) in [6.45, 7) is 11.2. The molecule has 0 spiro atoms. The van der Waals surface area contributed by atoms with Crippen LogP contribution in [0.5, 0.6) is 0 Å². The molecule has 1 aliphatic heterocycles. The predicted octanol–water partition coefficient (Wildman–Crippen LogP) is 5.32. The van der Waals surface area contributed by atoms with Gasteiger partial charge in [0.2, 0.25) is 0 Å². The average molecular weight is 367 g/mol. The molecule has 1 unspecified atom stereocenters. The highest BCUT2D eigenvalue weighted by Gasteiger charge is 2.33. The number of nitrogens with zero attached hydrogens (tertiary/aromatic N) is 2. The molecule has 0 radical (unpaired) electrons. The third kappa shape index (κ3) is 3.45. The zero-order valence-corrected chi connectivity index (χ0v) is 16.5. The summed E-state index contributed by atoms with van der Waals surface area (Å²) in [7, 11) is 0. The molecule has 1 atom stereocenters. The standard InChI is InChI=1S/C17H22N2OS3/c1-6-17(4)7-11-12(8-20-17)23-15-13(11)14(22-9-10(2)3)18-16(19-15)21-5/h2,6-9H2,1,3-5H3. The van der Waals surface area contributed by atoms with Crippen molar-refractivity contribution in [1.29, 1.82) is 0 Å². The second kappa shape index (κ2) is 6.75. The summed E-state index contributed by atoms with van der Waals surface area (Å²) in [4.78, 5) is 11.9. The molecule has 0 fully saturated rings. The summed E-state index contributed by atoms with van der Waals surface area (Å²) in [5, 5.41) is 3.19. The van der Waals surface area contributed by atoms with Gasteiger partial charge >= 0.3 is 0 Å². The molecule has 3 nitrogen and oxygen atoms in total. The zero-order chi connectivity index (χ0) is 16.6. The van der Waals surface area contributed by atoms with Crippen LogP contribution in [-0.4, -0.2) is 27.6 Å². The number of ether oxygens (including phenoxy) is 1. The molecule has 0 saturated heterocycles. The van der Waals surface area contributed by atoms with Crippen molar-refractivity contribution in [3.8, 4) is 0 Å². The Balaban J connectivity index is 2.12. The molecule has 0 aromatic carbocycles. The van der Waals surface area contributed by atoms with Gasteiger partial charge < -0.3 is 4.74 Å². The third-order valence-corrected chi connectivity index (χ3v) is 7.02. The van der Waals surface area contributed by atoms with Gasteiger partial charge in [-0.15, -0.1) is 23.1 Å². The van der Waals surface area contributed by atoms with Gasteiger partial charge in [0, 0.05) is 22.4 Å². The highest BCUT2D eigenvalue weighted by molar-refractivity contribution is 7.99. The van der Waals surface area contributed by atoms with Gasteiger partial charge in [-0.3, -0.25) is 0 Å². The van der Waals surface area contributed by atoms with E-state index in [4.69, 9.17) is 14.7 Å². The van der Waals surface area contributed by atoms with Crippen molar-refractivity contribution in [3.63, 3.8) is 0 Å². The van der Waals surface area contributed by atoms with Crippen LogP contribution in [0.2, 0.25) is 0 Å². The van der Waals surface area contributed by atoms with Crippen molar-refractivity contribution in [1.82, 2.24) is 9.97 Å². The first-order chi connectivity index (χ1) is 11.0. The molecule has 23 heavy (non-hydrogen) atoms. The van der Waals surface area contributed by atoms with Gasteiger partial charge in [-0.1, -0.05) is 30.8 Å². The lowest BCUT2D eigenvalue weighted by atomic mass is 9.90. The Morgan fingerprint density at radius 3 is 2.87 bits per heavy atom. The second-order valence-electron chi connectivity index (χ2n) is 6.21. The Morgan fingerprint density at radius 1 is 1.43 bits per heavy atom. The van der Waals surface area contributed by atoms with Crippen LogP contribution in [-0.2, 0) is 17.8 Å². The highest BCUT2D eigenvalue weighted by atomic mass is 32.2. The van der Waals surface area contributed by atoms with E-state index in [1.165, 1.54) is 21.4 Å². The smallest absolute Gasteiger partial charge is 0.189 e. The maximum absolute atomic E-state index is 6.10. The molecular weight excluding hydrogens is 344 g/mol. The first-order valence-electron chi connectivity index (χ1n) is 7.73. The van der Waals surface area contributed by atoms with Gasteiger partial charge in [-0.2, -0.15) is 0 Å². The van der Waals surface area contributed by atoms with Gasteiger partial charge in [-0.25, -0.2) is 9.97 Å². The molecule has 124 valence electrons. The third-order valence-electron chi connectivity index (χ3n) is 4.17. The quantitative estimate of drug-likeness (QED) is 0.309. The Hall–Kier alpha value is -0.560. The fourth-order valence-electron chi connectivity index (χ4n) is 2.63. The number of thiophene rings is 1. The molecule has 0 bridgehead atoms. The molecule has 2 aromatic rings. The van der Waals surface area contributed by atoms with E-state index in [1.807, 2.05) is 6.26 Å². The fourth-order valence-corrected chi connectivity index (χ4v) is 5.18. The second-order valence-corrected chi connectivity index (χ2v) is 9.04. The summed E-state index contributed by atoms with van der Waals surface area (Å²) in [6.07, 6.45) is 3.99. The van der Waals surface area contributed by atoms with Crippen LogP contribution >= 0.6 is 34.9 Å². The molecule has 3 rings (SSSR count). The van der Waals surface area contributed by atoms with E-state index in [9.17, 15) is 0 Å². The van der Waals surface area contributed by atoms with Crippen molar-refractivity contribution in [3.05, 3.63) is 22.6 Å². The minimum Gasteiger partial charge on any atom is -0.369 e. The van der Waals surface area contributed by atoms with E-state index in [2.05, 4.69) is 27.4 Å². The fraction of sp³-hybridized carbons (Fsp3) is 0.529. The van der Waals surface area contributed by atoms with E-state index in [-0.39, 0.29) is 5.60 Å². The molecule has 0 saturated carbocycles. The van der Waals surface area contributed by atoms with Crippen molar-refractivity contribution in [2.24, 2.45) is 0 Å². The van der Waals surface area contributed by atoms with Crippen molar-refractivity contribution in [2.45, 2.75) is 56.0 Å². The van der Waals surface area contributed by atoms with Crippen LogP contribution < -0.4 is 0 Å². The predicted molar refractivity (Wildman–Crippen MR) is 102 cm³/mol. The summed E-state index contributed by atoms with van der Waals surface area (Å²) < 4.78 is 6.10. The minimum atomic E-state index is -0.0739. The summed E-state index contributed by atoms with van der Waals surface area (Å²) in [5.41, 5.74) is 2.49. The van der Waals surface area contributed by atoms with Crippen molar-refractivity contribution in [2.75, 3.05) is 12.0 Å². The lowest BCUT2D eigenvalue weighted by Gasteiger charge is -2.33. The van der Waals surface area contributed by atoms with Crippen molar-refractivity contribution >= 4 is 45.1 Å². The number of hydrogen-bond donors (Lipinski definition) is 0. The SMILES string of the molecule is C=C(C)CSc1nc(SC)nc2sc3c(c12)CC(C)(CC)OC3. The van der Waals surface area contributed by atoms with E-state index >= 15 is 0 Å². The van der Waals surface area contributed by atoms with Crippen LogP contribution in [0.3, 0.4) is 0 Å². The van der Waals surface area contributed by atoms with Crippen LogP contribution in [0.1, 0.15) is 37.6 Å². The number of thioether (sulfide) groups is 2. The summed E-state index contributed by atoms with van der Waals surface area (Å²) in [5.74, 6) is 0.895. The molecule has 2 aromatic heterocycles. The van der Waals surface area contributed by atoms with Crippen molar-refractivity contribution < 1.29 is 4.74 Å². The molecule has 0 amide bonds. The maximum Gasteiger partial charge on any atom is 0.189 e. The molecule has 3 heterocycles. The van der Waals surface area contributed by atoms with Gasteiger partial charge in [-0.05, 0) is 32.1 Å². The average Bonchev–Trinajstić information content (AvgIpc) is 2.89. The number of rotatable bonds is 5. The van der Waals surface area contributed by atoms with Crippen LogP contribution in [0, 0.1) is 0 Å². The van der Waals surface area contributed by atoms with Crippen LogP contribution in [0.4, 0.5) is 0 Å². The first kappa shape index (κ1) is 17.3. The van der Waals surface area contributed by atoms with E-state index in [1.54, 1.807) is 34.9 Å². The zero-order valence-electron chi connectivity index (χ0n) is 14.1. The van der Waals surface area contributed by atoms with Gasteiger partial charge in [0.1, 0.15) is 9.86 Å². The molecule has 0 N–H and O–H groups in total. The van der Waals surface area contributed by atoms with Gasteiger partial charge in [0.05, 0.1) is 12.2 Å². The molecule has 6 heteroatoms. The first-order valence-corrected chi connectivity index (χ1v) is 10.8. The van der Waals surface area contributed by atoms with E-state index in [0.29, 0.717) is 6.61 Å². The van der Waals surface area contributed by atoms with Crippen LogP contribution in [0.15, 0.2) is 22.3 Å². The lowest BCUT2D eigenvalue weighted by Crippen LogP contribution is -2.33. The lowest BCUT2D eigenvalue weighted by molar-refractivity contribution is -0.0543. The molecule has 0 aliphatic carbocycles. The number of fused-ring (bicyclic) bond motifs is 3. The summed E-state index contributed by atoms with van der Waals surface area (Å²) >= 11 is 5.14. The Bertz CT molecular complexity index is 756. The van der Waals surface area contributed by atoms with Gasteiger partial charge in [0.25, 0.3) is 0 Å². The topological polar surface area (TPSA) is 35.0 Å². The summed E-state index contributed by atoms with van der Waals surface area (Å²) in [6, 6.07) is 0. The van der Waals surface area contributed by atoms with Crippen LogP contribution in [0.25, 0.3) is 10.2 Å².